The first-order valence-electron chi connectivity index (χ1n) is 7.99. The third kappa shape index (κ3) is 2.14. The van der Waals surface area contributed by atoms with E-state index in [1.807, 2.05) is 30.3 Å². The molecule has 4 nitrogen and oxygen atoms in total. The van der Waals surface area contributed by atoms with Crippen LogP contribution in [-0.2, 0) is 4.79 Å². The van der Waals surface area contributed by atoms with Gasteiger partial charge in [-0.15, -0.1) is 0 Å². The Hall–Kier alpha value is -1.78. The Bertz CT molecular complexity index is 697. The highest BCUT2D eigenvalue weighted by atomic mass is 16.3. The fraction of sp³-hybridized carbons (Fsp3) is 0.444. The Labute approximate surface area is 129 Å². The summed E-state index contributed by atoms with van der Waals surface area (Å²) in [6.07, 6.45) is 4.32. The highest BCUT2D eigenvalue weighted by Crippen LogP contribution is 2.40. The summed E-state index contributed by atoms with van der Waals surface area (Å²) in [6.45, 7) is 1.78. The van der Waals surface area contributed by atoms with E-state index in [0.29, 0.717) is 5.92 Å². The topological polar surface area (TPSA) is 53.4 Å². The van der Waals surface area contributed by atoms with E-state index in [1.165, 1.54) is 0 Å². The molecule has 1 unspecified atom stereocenters. The number of aliphatic hydroxyl groups is 1. The lowest BCUT2D eigenvalue weighted by atomic mass is 9.74. The molecule has 0 saturated carbocycles. The van der Waals surface area contributed by atoms with E-state index in [0.717, 1.165) is 48.7 Å². The molecule has 0 amide bonds. The second-order valence-corrected chi connectivity index (χ2v) is 6.51. The zero-order valence-corrected chi connectivity index (χ0v) is 12.4. The minimum Gasteiger partial charge on any atom is -0.387 e. The van der Waals surface area contributed by atoms with Gasteiger partial charge in [0, 0.05) is 30.1 Å². The van der Waals surface area contributed by atoms with Crippen LogP contribution in [0.3, 0.4) is 0 Å². The minimum atomic E-state index is -0.525. The molecule has 114 valence electrons. The van der Waals surface area contributed by atoms with Crippen LogP contribution in [0.2, 0.25) is 0 Å². The lowest BCUT2D eigenvalue weighted by Crippen LogP contribution is -2.55. The maximum Gasteiger partial charge on any atom is 0.124 e. The van der Waals surface area contributed by atoms with Gasteiger partial charge in [-0.3, -0.25) is 9.88 Å². The van der Waals surface area contributed by atoms with E-state index < -0.39 is 6.10 Å². The summed E-state index contributed by atoms with van der Waals surface area (Å²) in [5.74, 6) is 0.571. The molecule has 1 N–H and O–H groups in total. The van der Waals surface area contributed by atoms with Gasteiger partial charge in [-0.2, -0.15) is 0 Å². The summed E-state index contributed by atoms with van der Waals surface area (Å²) >= 11 is 0. The summed E-state index contributed by atoms with van der Waals surface area (Å²) in [5, 5.41) is 12.0. The van der Waals surface area contributed by atoms with E-state index >= 15 is 0 Å². The van der Waals surface area contributed by atoms with Crippen molar-refractivity contribution in [1.29, 1.82) is 0 Å². The van der Waals surface area contributed by atoms with Crippen molar-refractivity contribution in [2.45, 2.75) is 25.0 Å². The number of para-hydroxylation sites is 1. The maximum absolute atomic E-state index is 11.2. The third-order valence-electron chi connectivity index (χ3n) is 5.39. The molecule has 22 heavy (non-hydrogen) atoms. The van der Waals surface area contributed by atoms with Gasteiger partial charge in [0.05, 0.1) is 11.6 Å². The van der Waals surface area contributed by atoms with Crippen LogP contribution >= 0.6 is 0 Å². The van der Waals surface area contributed by atoms with E-state index in [1.54, 1.807) is 6.20 Å². The molecule has 3 saturated heterocycles. The van der Waals surface area contributed by atoms with Crippen molar-refractivity contribution in [2.75, 3.05) is 13.1 Å². The lowest BCUT2D eigenvalue weighted by Gasteiger charge is -2.49. The molecule has 5 atom stereocenters. The normalized spacial score (nSPS) is 32.0. The highest BCUT2D eigenvalue weighted by Gasteiger charge is 2.43. The van der Waals surface area contributed by atoms with Gasteiger partial charge in [0.1, 0.15) is 6.29 Å². The molecule has 3 fully saturated rings. The first kappa shape index (κ1) is 13.9. The van der Waals surface area contributed by atoms with Crippen molar-refractivity contribution in [2.24, 2.45) is 11.8 Å². The van der Waals surface area contributed by atoms with Gasteiger partial charge in [-0.1, -0.05) is 18.2 Å². The number of aliphatic hydroxyl groups excluding tert-OH is 1. The van der Waals surface area contributed by atoms with Crippen molar-refractivity contribution in [1.82, 2.24) is 9.88 Å². The molecular weight excluding hydrogens is 276 g/mol. The summed E-state index contributed by atoms with van der Waals surface area (Å²) in [6, 6.07) is 9.98. The number of benzene rings is 1. The summed E-state index contributed by atoms with van der Waals surface area (Å²) in [4.78, 5) is 17.8. The number of aromatic nitrogens is 1. The molecular formula is C18H20N2O2. The predicted molar refractivity (Wildman–Crippen MR) is 84.3 cm³/mol. The number of pyridine rings is 1. The fourth-order valence-corrected chi connectivity index (χ4v) is 4.18. The Morgan fingerprint density at radius 2 is 2.18 bits per heavy atom. The number of hydrogen-bond donors (Lipinski definition) is 1. The van der Waals surface area contributed by atoms with Gasteiger partial charge in [0.25, 0.3) is 0 Å². The van der Waals surface area contributed by atoms with Crippen LogP contribution in [0.5, 0.6) is 0 Å². The van der Waals surface area contributed by atoms with Gasteiger partial charge in [-0.05, 0) is 43.0 Å². The van der Waals surface area contributed by atoms with Gasteiger partial charge in [0.2, 0.25) is 0 Å². The summed E-state index contributed by atoms with van der Waals surface area (Å²) in [5.41, 5.74) is 1.87. The predicted octanol–water partition coefficient (Wildman–Crippen LogP) is 2.18. The van der Waals surface area contributed by atoms with Gasteiger partial charge in [0.15, 0.2) is 0 Å². The summed E-state index contributed by atoms with van der Waals surface area (Å²) in [7, 11) is 0. The van der Waals surface area contributed by atoms with Crippen molar-refractivity contribution < 1.29 is 9.90 Å². The average molecular weight is 296 g/mol. The molecule has 3 aliphatic rings. The van der Waals surface area contributed by atoms with Crippen molar-refractivity contribution in [3.05, 3.63) is 42.1 Å². The first-order chi connectivity index (χ1) is 10.8. The molecule has 5 rings (SSSR count). The monoisotopic (exact) mass is 296 g/mol. The van der Waals surface area contributed by atoms with Crippen LogP contribution in [0.25, 0.3) is 10.9 Å². The van der Waals surface area contributed by atoms with Gasteiger partial charge in [-0.25, -0.2) is 0 Å². The fourth-order valence-electron chi connectivity index (χ4n) is 4.18. The lowest BCUT2D eigenvalue weighted by molar-refractivity contribution is -0.121. The molecule has 0 aliphatic carbocycles. The van der Waals surface area contributed by atoms with Crippen LogP contribution in [-0.4, -0.2) is 40.4 Å². The smallest absolute Gasteiger partial charge is 0.124 e. The molecule has 0 radical (unpaired) electrons. The van der Waals surface area contributed by atoms with Crippen LogP contribution in [0.1, 0.15) is 24.5 Å². The van der Waals surface area contributed by atoms with E-state index in [4.69, 9.17) is 0 Å². The molecule has 4 heteroatoms. The van der Waals surface area contributed by atoms with Crippen LogP contribution < -0.4 is 0 Å². The molecule has 2 bridgehead atoms. The van der Waals surface area contributed by atoms with Gasteiger partial charge >= 0.3 is 0 Å². The maximum atomic E-state index is 11.2. The van der Waals surface area contributed by atoms with Crippen LogP contribution in [0.15, 0.2) is 36.5 Å². The van der Waals surface area contributed by atoms with E-state index in [-0.39, 0.29) is 12.0 Å². The zero-order chi connectivity index (χ0) is 15.1. The van der Waals surface area contributed by atoms with Crippen molar-refractivity contribution in [3.63, 3.8) is 0 Å². The number of aldehydes is 1. The number of piperidine rings is 3. The Morgan fingerprint density at radius 1 is 1.32 bits per heavy atom. The molecule has 1 aromatic carbocycles. The van der Waals surface area contributed by atoms with Crippen LogP contribution in [0, 0.1) is 11.8 Å². The highest BCUT2D eigenvalue weighted by molar-refractivity contribution is 5.82. The number of rotatable bonds is 3. The second kappa shape index (κ2) is 5.45. The zero-order valence-electron chi connectivity index (χ0n) is 12.4. The Kier molecular flexibility index (Phi) is 3.43. The van der Waals surface area contributed by atoms with Crippen molar-refractivity contribution in [3.8, 4) is 0 Å². The average Bonchev–Trinajstić information content (AvgIpc) is 2.60. The summed E-state index contributed by atoms with van der Waals surface area (Å²) < 4.78 is 0. The van der Waals surface area contributed by atoms with Crippen molar-refractivity contribution >= 4 is 17.2 Å². The SMILES string of the molecule is O=C[C@H]1CN2CC[C@H]1C[C@@H]2[C@@H](O)c1ccnc2ccccc12. The number of carbonyl (C=O) groups excluding carboxylic acids is 1. The molecule has 3 aliphatic heterocycles. The van der Waals surface area contributed by atoms with E-state index in [2.05, 4.69) is 9.88 Å². The number of fused-ring (bicyclic) bond motifs is 4. The quantitative estimate of drug-likeness (QED) is 0.882. The minimum absolute atomic E-state index is 0.112. The van der Waals surface area contributed by atoms with Gasteiger partial charge < -0.3 is 9.90 Å². The third-order valence-corrected chi connectivity index (χ3v) is 5.39. The second-order valence-electron chi connectivity index (χ2n) is 6.51. The molecule has 0 spiro atoms. The molecule has 4 heterocycles. The molecule has 2 aromatic rings. The van der Waals surface area contributed by atoms with Crippen LogP contribution in [0.4, 0.5) is 0 Å². The largest absolute Gasteiger partial charge is 0.387 e. The Morgan fingerprint density at radius 3 is 2.95 bits per heavy atom. The number of hydrogen-bond acceptors (Lipinski definition) is 4. The number of carbonyl (C=O) groups is 1. The number of nitrogens with zero attached hydrogens (tertiary/aromatic N) is 2. The Balaban J connectivity index is 1.67. The standard InChI is InChI=1S/C18H20N2O2/c21-11-13-10-20-8-6-12(13)9-17(20)18(22)15-5-7-19-16-4-2-1-3-14(15)16/h1-5,7,11-13,17-18,22H,6,8-10H2/t12-,13+,17+,18-/m0/s1. The molecule has 1 aromatic heterocycles. The van der Waals surface area contributed by atoms with E-state index in [9.17, 15) is 9.90 Å². The first-order valence-corrected chi connectivity index (χ1v) is 7.99.